The van der Waals surface area contributed by atoms with E-state index >= 15 is 0 Å². The summed E-state index contributed by atoms with van der Waals surface area (Å²) >= 11 is 0. The quantitative estimate of drug-likeness (QED) is 0.237. The molecule has 0 amide bonds. The molecule has 4 N–H and O–H groups in total. The lowest BCUT2D eigenvalue weighted by atomic mass is 10.1. The number of rotatable bonds is 8. The van der Waals surface area contributed by atoms with Crippen LogP contribution in [0.2, 0.25) is 0 Å². The predicted molar refractivity (Wildman–Crippen MR) is 135 cm³/mol. The second kappa shape index (κ2) is 12.5. The van der Waals surface area contributed by atoms with E-state index in [1.165, 1.54) is 17.0 Å². The summed E-state index contributed by atoms with van der Waals surface area (Å²) in [7, 11) is 0. The minimum atomic E-state index is -0.481. The van der Waals surface area contributed by atoms with E-state index in [-0.39, 0.29) is 12.4 Å². The maximum atomic E-state index is 10.3. The van der Waals surface area contributed by atoms with Gasteiger partial charge in [0.2, 0.25) is 6.20 Å². The van der Waals surface area contributed by atoms with Gasteiger partial charge in [-0.05, 0) is 44.5 Å². The van der Waals surface area contributed by atoms with Crippen LogP contribution in [-0.4, -0.2) is 34.6 Å². The summed E-state index contributed by atoms with van der Waals surface area (Å²) in [5, 5.41) is 12.4. The number of ether oxygens (including phenoxy) is 2. The van der Waals surface area contributed by atoms with Crippen molar-refractivity contribution in [2.75, 3.05) is 19.8 Å². The molecule has 33 heavy (non-hydrogen) atoms. The van der Waals surface area contributed by atoms with Crippen LogP contribution in [0, 0.1) is 10.1 Å². The van der Waals surface area contributed by atoms with E-state index in [4.69, 9.17) is 15.2 Å². The first-order valence-electron chi connectivity index (χ1n) is 10.5. The zero-order valence-electron chi connectivity index (χ0n) is 18.7. The number of aromatic nitrogens is 2. The van der Waals surface area contributed by atoms with Gasteiger partial charge in [0.15, 0.2) is 0 Å². The number of halogens is 1. The molecule has 0 bridgehead atoms. The van der Waals surface area contributed by atoms with Gasteiger partial charge in [-0.1, -0.05) is 24.3 Å². The molecule has 2 heterocycles. The predicted octanol–water partition coefficient (Wildman–Crippen LogP) is 5.30. The van der Waals surface area contributed by atoms with Crippen LogP contribution in [0.25, 0.3) is 27.9 Å². The molecule has 176 valence electrons. The van der Waals surface area contributed by atoms with Gasteiger partial charge in [-0.3, -0.25) is 10.1 Å². The van der Waals surface area contributed by atoms with Crippen molar-refractivity contribution >= 4 is 40.3 Å². The maximum Gasteiger partial charge on any atom is 0.235 e. The third kappa shape index (κ3) is 6.27. The smallest absolute Gasteiger partial charge is 0.235 e. The first-order chi connectivity index (χ1) is 15.6. The van der Waals surface area contributed by atoms with Crippen molar-refractivity contribution in [3.8, 4) is 11.5 Å². The summed E-state index contributed by atoms with van der Waals surface area (Å²) in [4.78, 5) is 16.1. The third-order valence-corrected chi connectivity index (χ3v) is 4.86. The molecule has 0 atom stereocenters. The highest BCUT2D eigenvalue weighted by atomic mass is 35.5. The number of nitrogens with two attached hydrogens (primary N) is 1. The Balaban J connectivity index is 0.000000228. The molecule has 4 rings (SSSR count). The molecule has 0 unspecified atom stereocenters. The van der Waals surface area contributed by atoms with E-state index in [0.29, 0.717) is 19.8 Å². The van der Waals surface area contributed by atoms with Crippen molar-refractivity contribution in [3.63, 3.8) is 0 Å². The lowest BCUT2D eigenvalue weighted by molar-refractivity contribution is -0.400. The van der Waals surface area contributed by atoms with Gasteiger partial charge in [0.1, 0.15) is 11.5 Å². The zero-order valence-corrected chi connectivity index (χ0v) is 19.5. The Morgan fingerprint density at radius 3 is 2.12 bits per heavy atom. The highest BCUT2D eigenvalue weighted by Crippen LogP contribution is 2.28. The van der Waals surface area contributed by atoms with Crippen molar-refractivity contribution < 1.29 is 14.4 Å². The summed E-state index contributed by atoms with van der Waals surface area (Å²) in [6.45, 7) is 5.84. The Kier molecular flexibility index (Phi) is 9.78. The standard InChI is InChI=1S/C12H12N2O3.C12H16N2O.ClH/c1-2-17-11-5-3-4-10-9(6-7-14(15)16)8-13-12(10)11;1-2-15-11-5-3-4-10-9(6-7-13)8-14-12(10)11;/h3-8,13H,2H2,1H3;3-5,8,14H,2,6-7,13H2,1H3;1H/b7-6-;;. The molecule has 9 heteroatoms. The number of fused-ring (bicyclic) bond motifs is 2. The molecule has 0 aliphatic carbocycles. The highest BCUT2D eigenvalue weighted by Gasteiger charge is 2.08. The summed E-state index contributed by atoms with van der Waals surface area (Å²) in [5.74, 6) is 1.67. The van der Waals surface area contributed by atoms with Gasteiger partial charge in [-0.25, -0.2) is 0 Å². The van der Waals surface area contributed by atoms with E-state index in [2.05, 4.69) is 16.0 Å². The van der Waals surface area contributed by atoms with E-state index < -0.39 is 4.92 Å². The molecule has 0 fully saturated rings. The fourth-order valence-electron chi connectivity index (χ4n) is 3.53. The van der Waals surface area contributed by atoms with Crippen LogP contribution in [0.4, 0.5) is 0 Å². The van der Waals surface area contributed by atoms with Crippen LogP contribution in [-0.2, 0) is 6.42 Å². The number of H-pyrrole nitrogens is 2. The summed E-state index contributed by atoms with van der Waals surface area (Å²) in [5.41, 5.74) is 9.53. The molecule has 0 aliphatic rings. The number of hydrogen-bond acceptors (Lipinski definition) is 5. The van der Waals surface area contributed by atoms with Crippen LogP contribution < -0.4 is 15.2 Å². The molecular weight excluding hydrogens is 444 g/mol. The molecule has 0 aliphatic heterocycles. The minimum Gasteiger partial charge on any atom is -0.492 e. The maximum absolute atomic E-state index is 10.3. The largest absolute Gasteiger partial charge is 0.492 e. The van der Waals surface area contributed by atoms with Crippen molar-refractivity contribution in [1.29, 1.82) is 0 Å². The van der Waals surface area contributed by atoms with Crippen LogP contribution in [0.3, 0.4) is 0 Å². The van der Waals surface area contributed by atoms with Crippen LogP contribution in [0.5, 0.6) is 11.5 Å². The molecule has 0 saturated heterocycles. The molecule has 2 aromatic heterocycles. The molecule has 2 aromatic carbocycles. The number of benzene rings is 2. The summed E-state index contributed by atoms with van der Waals surface area (Å²) in [6, 6.07) is 11.7. The number of nitrogens with zero attached hydrogens (tertiary/aromatic N) is 1. The number of aromatic amines is 2. The Morgan fingerprint density at radius 2 is 1.55 bits per heavy atom. The fourth-order valence-corrected chi connectivity index (χ4v) is 3.53. The van der Waals surface area contributed by atoms with Gasteiger partial charge in [0.25, 0.3) is 0 Å². The normalized spacial score (nSPS) is 10.6. The lowest BCUT2D eigenvalue weighted by Gasteiger charge is -2.04. The van der Waals surface area contributed by atoms with Gasteiger partial charge in [0.05, 0.1) is 29.2 Å². The average Bonchev–Trinajstić information content (AvgIpc) is 3.39. The molecule has 4 aromatic rings. The first-order valence-corrected chi connectivity index (χ1v) is 10.5. The topological polar surface area (TPSA) is 119 Å². The summed E-state index contributed by atoms with van der Waals surface area (Å²) in [6.07, 6.45) is 7.04. The van der Waals surface area contributed by atoms with Crippen LogP contribution >= 0.6 is 12.4 Å². The number of hydrogen-bond donors (Lipinski definition) is 3. The minimum absolute atomic E-state index is 0. The third-order valence-electron chi connectivity index (χ3n) is 4.86. The Morgan fingerprint density at radius 1 is 0.970 bits per heavy atom. The van der Waals surface area contributed by atoms with Crippen LogP contribution in [0.15, 0.2) is 55.0 Å². The number of para-hydroxylation sites is 2. The van der Waals surface area contributed by atoms with Crippen molar-refractivity contribution in [2.24, 2.45) is 5.73 Å². The van der Waals surface area contributed by atoms with Crippen molar-refractivity contribution in [2.45, 2.75) is 20.3 Å². The number of nitro groups is 1. The fraction of sp³-hybridized carbons (Fsp3) is 0.250. The molecule has 0 spiro atoms. The second-order valence-corrected chi connectivity index (χ2v) is 6.92. The Bertz CT molecular complexity index is 1220. The van der Waals surface area contributed by atoms with Gasteiger partial charge < -0.3 is 25.2 Å². The van der Waals surface area contributed by atoms with Gasteiger partial charge in [-0.15, -0.1) is 12.4 Å². The average molecular weight is 473 g/mol. The second-order valence-electron chi connectivity index (χ2n) is 6.92. The molecule has 0 radical (unpaired) electrons. The Hall–Kier alpha value is -3.49. The van der Waals surface area contributed by atoms with Gasteiger partial charge in [-0.2, -0.15) is 0 Å². The van der Waals surface area contributed by atoms with E-state index in [1.54, 1.807) is 6.20 Å². The van der Waals surface area contributed by atoms with E-state index in [0.717, 1.165) is 46.1 Å². The van der Waals surface area contributed by atoms with Gasteiger partial charge >= 0.3 is 0 Å². The van der Waals surface area contributed by atoms with Crippen LogP contribution in [0.1, 0.15) is 25.0 Å². The molecular formula is C24H29ClN4O4. The van der Waals surface area contributed by atoms with E-state index in [9.17, 15) is 10.1 Å². The summed E-state index contributed by atoms with van der Waals surface area (Å²) < 4.78 is 11.0. The monoisotopic (exact) mass is 472 g/mol. The van der Waals surface area contributed by atoms with Gasteiger partial charge in [0, 0.05) is 34.8 Å². The zero-order chi connectivity index (χ0) is 22.9. The molecule has 8 nitrogen and oxygen atoms in total. The number of nitrogens with one attached hydrogen (secondary N) is 2. The SMILES string of the molecule is CCOc1cccc2c(/C=C\[N+](=O)[O-])c[nH]c12.CCOc1cccc2c(CCN)c[nH]c12.Cl. The lowest BCUT2D eigenvalue weighted by Crippen LogP contribution is -2.01. The van der Waals surface area contributed by atoms with Crippen molar-refractivity contribution in [3.05, 3.63) is 76.2 Å². The Labute approximate surface area is 198 Å². The van der Waals surface area contributed by atoms with E-state index in [1.807, 2.05) is 50.4 Å². The highest BCUT2D eigenvalue weighted by molar-refractivity contribution is 5.92. The first kappa shape index (κ1) is 25.8. The van der Waals surface area contributed by atoms with Crippen molar-refractivity contribution in [1.82, 2.24) is 9.97 Å². The molecule has 0 saturated carbocycles.